The quantitative estimate of drug-likeness (QED) is 0.744. The first-order chi connectivity index (χ1) is 10.5. The van der Waals surface area contributed by atoms with E-state index in [4.69, 9.17) is 5.73 Å². The summed E-state index contributed by atoms with van der Waals surface area (Å²) in [5.74, 6) is 0.339. The molecule has 0 aliphatic rings. The minimum Gasteiger partial charge on any atom is -0.507 e. The Labute approximate surface area is 148 Å². The average molecular weight is 336 g/mol. The van der Waals surface area contributed by atoms with Crippen LogP contribution in [0.4, 0.5) is 0 Å². The van der Waals surface area contributed by atoms with Gasteiger partial charge in [0.2, 0.25) is 0 Å². The smallest absolute Gasteiger partial charge is 0.123 e. The van der Waals surface area contributed by atoms with Crippen LogP contribution in [0, 0.1) is 5.41 Å². The van der Waals surface area contributed by atoms with E-state index < -0.39 is 6.10 Å². The molecule has 0 spiro atoms. The number of aliphatic hydroxyl groups is 1. The third kappa shape index (κ3) is 4.97. The lowest BCUT2D eigenvalue weighted by molar-refractivity contribution is 0.133. The summed E-state index contributed by atoms with van der Waals surface area (Å²) >= 11 is 0. The van der Waals surface area contributed by atoms with Gasteiger partial charge in [0.1, 0.15) is 5.75 Å². The number of hydrogen-bond donors (Lipinski definition) is 3. The van der Waals surface area contributed by atoms with Gasteiger partial charge < -0.3 is 15.9 Å². The molecule has 0 aliphatic carbocycles. The number of aliphatic hydroxyl groups excluding tert-OH is 1. The summed E-state index contributed by atoms with van der Waals surface area (Å²) in [6.45, 7) is 18.7. The first-order valence-electron chi connectivity index (χ1n) is 8.86. The molecule has 0 heterocycles. The summed E-state index contributed by atoms with van der Waals surface area (Å²) in [7, 11) is 0. The molecule has 0 saturated carbocycles. The fourth-order valence-corrected chi connectivity index (χ4v) is 2.72. The summed E-state index contributed by atoms with van der Waals surface area (Å²) in [6.07, 6.45) is -0.136. The summed E-state index contributed by atoms with van der Waals surface area (Å²) in [4.78, 5) is 0. The Kier molecular flexibility index (Phi) is 5.84. The van der Waals surface area contributed by atoms with Crippen molar-refractivity contribution in [3.8, 4) is 5.75 Å². The maximum atomic E-state index is 10.8. The van der Waals surface area contributed by atoms with Gasteiger partial charge in [-0.3, -0.25) is 0 Å². The molecule has 3 nitrogen and oxygen atoms in total. The van der Waals surface area contributed by atoms with Crippen molar-refractivity contribution in [3.63, 3.8) is 0 Å². The summed E-state index contributed by atoms with van der Waals surface area (Å²) in [5, 5.41) is 21.5. The Morgan fingerprint density at radius 2 is 1.25 bits per heavy atom. The molecule has 0 bridgehead atoms. The average Bonchev–Trinajstić information content (AvgIpc) is 2.34. The predicted octanol–water partition coefficient (Wildman–Crippen LogP) is 4.78. The lowest BCUT2D eigenvalue weighted by Gasteiger charge is -2.31. The molecule has 0 fully saturated rings. The molecule has 1 aromatic rings. The molecule has 0 aliphatic heterocycles. The van der Waals surface area contributed by atoms with E-state index in [0.717, 1.165) is 16.7 Å². The SMILES string of the molecule is CC(C)(C)c1cc([C@H](O)C[C@@H](N)C(C)(C)C)cc(C(C)(C)C)c1O. The molecule has 0 saturated heterocycles. The van der Waals surface area contributed by atoms with Crippen molar-refractivity contribution in [3.05, 3.63) is 28.8 Å². The van der Waals surface area contributed by atoms with Gasteiger partial charge in [-0.05, 0) is 51.5 Å². The summed E-state index contributed by atoms with van der Waals surface area (Å²) < 4.78 is 0. The molecule has 0 amide bonds. The van der Waals surface area contributed by atoms with Gasteiger partial charge in [0.05, 0.1) is 6.10 Å². The van der Waals surface area contributed by atoms with Crippen LogP contribution in [0.1, 0.15) is 91.5 Å². The van der Waals surface area contributed by atoms with Crippen LogP contribution in [-0.2, 0) is 10.8 Å². The van der Waals surface area contributed by atoms with E-state index >= 15 is 0 Å². The highest BCUT2D eigenvalue weighted by atomic mass is 16.3. The van der Waals surface area contributed by atoms with Crippen LogP contribution in [0.5, 0.6) is 5.75 Å². The number of nitrogens with two attached hydrogens (primary N) is 1. The highest BCUT2D eigenvalue weighted by Gasteiger charge is 2.29. The third-order valence-corrected chi connectivity index (χ3v) is 4.72. The van der Waals surface area contributed by atoms with E-state index in [1.165, 1.54) is 0 Å². The number of phenolic OH excluding ortho intramolecular Hbond substituents is 1. The second kappa shape index (κ2) is 6.68. The van der Waals surface area contributed by atoms with Crippen LogP contribution < -0.4 is 5.73 Å². The summed E-state index contributed by atoms with van der Waals surface area (Å²) in [5.41, 5.74) is 8.37. The zero-order valence-electron chi connectivity index (χ0n) is 17.0. The Balaban J connectivity index is 3.39. The monoisotopic (exact) mass is 335 g/mol. The lowest BCUT2D eigenvalue weighted by atomic mass is 9.77. The third-order valence-electron chi connectivity index (χ3n) is 4.72. The fourth-order valence-electron chi connectivity index (χ4n) is 2.72. The van der Waals surface area contributed by atoms with Crippen molar-refractivity contribution in [1.29, 1.82) is 0 Å². The zero-order valence-corrected chi connectivity index (χ0v) is 17.0. The lowest BCUT2D eigenvalue weighted by Crippen LogP contribution is -2.36. The van der Waals surface area contributed by atoms with Gasteiger partial charge in [0.25, 0.3) is 0 Å². The van der Waals surface area contributed by atoms with Crippen LogP contribution in [0.2, 0.25) is 0 Å². The van der Waals surface area contributed by atoms with E-state index in [1.807, 2.05) is 12.1 Å². The maximum Gasteiger partial charge on any atom is 0.123 e. The molecule has 24 heavy (non-hydrogen) atoms. The normalized spacial score (nSPS) is 16.1. The highest BCUT2D eigenvalue weighted by molar-refractivity contribution is 5.50. The number of phenols is 1. The van der Waals surface area contributed by atoms with Crippen LogP contribution in [0.15, 0.2) is 12.1 Å². The van der Waals surface area contributed by atoms with Gasteiger partial charge in [0, 0.05) is 6.04 Å². The van der Waals surface area contributed by atoms with Gasteiger partial charge in [0.15, 0.2) is 0 Å². The molecule has 4 N–H and O–H groups in total. The van der Waals surface area contributed by atoms with Gasteiger partial charge in [-0.25, -0.2) is 0 Å². The zero-order chi connectivity index (χ0) is 19.1. The van der Waals surface area contributed by atoms with Crippen molar-refractivity contribution in [1.82, 2.24) is 0 Å². The van der Waals surface area contributed by atoms with Crippen molar-refractivity contribution >= 4 is 0 Å². The Bertz CT molecular complexity index is 536. The van der Waals surface area contributed by atoms with E-state index in [2.05, 4.69) is 62.3 Å². The van der Waals surface area contributed by atoms with Crippen molar-refractivity contribution in [2.24, 2.45) is 11.1 Å². The van der Waals surface area contributed by atoms with Crippen LogP contribution in [0.25, 0.3) is 0 Å². The molecule has 2 atom stereocenters. The number of aromatic hydroxyl groups is 1. The standard InChI is InChI=1S/C21H37NO2/c1-19(2,3)14-10-13(11-15(18(14)24)20(4,5)6)16(23)12-17(22)21(7,8)9/h10-11,16-17,23-24H,12,22H2,1-9H3/t16-,17-/m1/s1. The fraction of sp³-hybridized carbons (Fsp3) is 0.714. The molecule has 3 heteroatoms. The molecule has 0 unspecified atom stereocenters. The highest BCUT2D eigenvalue weighted by Crippen LogP contribution is 2.41. The second-order valence-corrected chi connectivity index (χ2v) is 10.2. The molecular formula is C21H37NO2. The Hall–Kier alpha value is -1.06. The molecule has 138 valence electrons. The minimum atomic E-state index is -0.637. The Morgan fingerprint density at radius 3 is 1.54 bits per heavy atom. The first-order valence-corrected chi connectivity index (χ1v) is 8.86. The topological polar surface area (TPSA) is 66.5 Å². The first kappa shape index (κ1) is 21.0. The van der Waals surface area contributed by atoms with Crippen molar-refractivity contribution in [2.45, 2.75) is 91.7 Å². The van der Waals surface area contributed by atoms with Crippen molar-refractivity contribution < 1.29 is 10.2 Å². The molecule has 1 rings (SSSR count). The van der Waals surface area contributed by atoms with E-state index in [1.54, 1.807) is 0 Å². The largest absolute Gasteiger partial charge is 0.507 e. The minimum absolute atomic E-state index is 0.0579. The number of rotatable bonds is 3. The summed E-state index contributed by atoms with van der Waals surface area (Å²) in [6, 6.07) is 3.77. The van der Waals surface area contributed by atoms with Crippen LogP contribution >= 0.6 is 0 Å². The van der Waals surface area contributed by atoms with Gasteiger partial charge in [-0.15, -0.1) is 0 Å². The van der Waals surface area contributed by atoms with E-state index in [-0.39, 0.29) is 22.3 Å². The molecule has 0 aromatic heterocycles. The molecule has 1 aromatic carbocycles. The van der Waals surface area contributed by atoms with Gasteiger partial charge in [-0.2, -0.15) is 0 Å². The van der Waals surface area contributed by atoms with Crippen molar-refractivity contribution in [2.75, 3.05) is 0 Å². The van der Waals surface area contributed by atoms with E-state index in [9.17, 15) is 10.2 Å². The van der Waals surface area contributed by atoms with Crippen LogP contribution in [-0.4, -0.2) is 16.3 Å². The number of benzene rings is 1. The Morgan fingerprint density at radius 1 is 0.875 bits per heavy atom. The molecular weight excluding hydrogens is 298 g/mol. The van der Waals surface area contributed by atoms with Crippen LogP contribution in [0.3, 0.4) is 0 Å². The predicted molar refractivity (Wildman–Crippen MR) is 103 cm³/mol. The maximum absolute atomic E-state index is 10.8. The van der Waals surface area contributed by atoms with Gasteiger partial charge >= 0.3 is 0 Å². The second-order valence-electron chi connectivity index (χ2n) is 10.2. The van der Waals surface area contributed by atoms with E-state index in [0.29, 0.717) is 12.2 Å². The van der Waals surface area contributed by atoms with Gasteiger partial charge in [-0.1, -0.05) is 62.3 Å². The molecule has 0 radical (unpaired) electrons. The number of hydrogen-bond acceptors (Lipinski definition) is 3.